The van der Waals surface area contributed by atoms with E-state index in [-0.39, 0.29) is 24.2 Å². The van der Waals surface area contributed by atoms with Crippen LogP contribution in [0.5, 0.6) is 0 Å². The molecule has 0 aromatic heterocycles. The summed E-state index contributed by atoms with van der Waals surface area (Å²) in [6.07, 6.45) is 12.3. The zero-order valence-electron chi connectivity index (χ0n) is 26.3. The van der Waals surface area contributed by atoms with Crippen molar-refractivity contribution in [1.29, 1.82) is 0 Å². The molecule has 0 heterocycles. The van der Waals surface area contributed by atoms with Gasteiger partial charge in [0, 0.05) is 33.9 Å². The lowest BCUT2D eigenvalue weighted by Crippen LogP contribution is -2.16. The van der Waals surface area contributed by atoms with Crippen molar-refractivity contribution < 1.29 is 9.59 Å². The molecule has 2 fully saturated rings. The maximum atomic E-state index is 12.8. The van der Waals surface area contributed by atoms with Crippen LogP contribution in [0.15, 0.2) is 82.8 Å². The largest absolute Gasteiger partial charge is 0.344 e. The Morgan fingerprint density at radius 2 is 0.778 bits per heavy atom. The molecule has 9 heteroatoms. The highest BCUT2D eigenvalue weighted by Gasteiger charge is 2.14. The normalized spacial score (nSPS) is 16.3. The molecular weight excluding hydrogens is 584 g/mol. The molecule has 238 valence electrons. The fourth-order valence-electron chi connectivity index (χ4n) is 5.90. The average Bonchev–Trinajstić information content (AvgIpc) is 3.04. The molecule has 8 nitrogen and oxygen atoms in total. The topological polar surface area (TPSA) is 107 Å². The molecule has 2 aliphatic carbocycles. The number of hydrogen-bond donors (Lipinski definition) is 4. The number of amides is 2. The number of halogens is 1. The predicted octanol–water partition coefficient (Wildman–Crippen LogP) is 8.94. The fraction of sp³-hybridized carbons (Fsp3) is 0.389. The summed E-state index contributed by atoms with van der Waals surface area (Å²) in [6.45, 7) is 4.00. The van der Waals surface area contributed by atoms with Gasteiger partial charge in [0.1, 0.15) is 0 Å². The third-order valence-electron chi connectivity index (χ3n) is 8.25. The van der Waals surface area contributed by atoms with E-state index in [4.69, 9.17) is 9.98 Å². The summed E-state index contributed by atoms with van der Waals surface area (Å²) in [4.78, 5) is 35.3. The smallest absolute Gasteiger partial charge is 0.255 e. The summed E-state index contributed by atoms with van der Waals surface area (Å²) < 4.78 is 0. The average molecular weight is 629 g/mol. The lowest BCUT2D eigenvalue weighted by atomic mass is 9.96. The molecule has 0 aliphatic heterocycles. The van der Waals surface area contributed by atoms with E-state index in [9.17, 15) is 9.59 Å². The molecule has 2 amide bonds. The van der Waals surface area contributed by atoms with E-state index < -0.39 is 0 Å². The zero-order valence-corrected chi connectivity index (χ0v) is 27.1. The highest BCUT2D eigenvalue weighted by Crippen LogP contribution is 2.22. The molecule has 0 spiro atoms. The summed E-state index contributed by atoms with van der Waals surface area (Å²) in [7, 11) is 0. The molecule has 2 saturated carbocycles. The Morgan fingerprint density at radius 3 is 1.09 bits per heavy atom. The fourth-order valence-corrected chi connectivity index (χ4v) is 5.90. The van der Waals surface area contributed by atoms with E-state index in [0.29, 0.717) is 34.6 Å². The summed E-state index contributed by atoms with van der Waals surface area (Å²) >= 11 is 0. The summed E-state index contributed by atoms with van der Waals surface area (Å²) in [5.74, 6) is 1.35. The summed E-state index contributed by atoms with van der Waals surface area (Å²) in [5.41, 5.74) is 4.19. The van der Waals surface area contributed by atoms with Crippen LogP contribution in [0.2, 0.25) is 0 Å². The first-order chi connectivity index (χ1) is 21.4. The zero-order chi connectivity index (χ0) is 30.7. The Bertz CT molecular complexity index is 1340. The molecule has 4 N–H and O–H groups in total. The standard InChI is InChI=1S/C36H44N6O2.ClH/c1-25(37-29-9-5-3-6-10-29)39-31-17-21-33(22-18-31)41-35(43)27-13-15-28(16-14-27)36(44)42-34-23-19-32(20-24-34)40-26(2)38-30-11-7-4-8-12-30;/h13-24,29-30H,3-12H2,1-2H3,(H,37,39)(H,38,40)(H,41,43)(H,42,44);1H. The van der Waals surface area contributed by atoms with Gasteiger partial charge in [-0.2, -0.15) is 0 Å². The molecule has 0 bridgehead atoms. The highest BCUT2D eigenvalue weighted by molar-refractivity contribution is 6.07. The minimum Gasteiger partial charge on any atom is -0.344 e. The van der Waals surface area contributed by atoms with E-state index in [1.807, 2.05) is 62.4 Å². The molecule has 0 radical (unpaired) electrons. The predicted molar refractivity (Wildman–Crippen MR) is 190 cm³/mol. The Morgan fingerprint density at radius 1 is 0.489 bits per heavy atom. The molecule has 5 rings (SSSR count). The van der Waals surface area contributed by atoms with E-state index in [1.165, 1.54) is 38.5 Å². The van der Waals surface area contributed by atoms with Crippen LogP contribution in [0.25, 0.3) is 0 Å². The van der Waals surface area contributed by atoms with E-state index in [2.05, 4.69) is 21.3 Å². The van der Waals surface area contributed by atoms with Gasteiger partial charge in [0.25, 0.3) is 11.8 Å². The van der Waals surface area contributed by atoms with E-state index in [0.717, 1.165) is 48.7 Å². The number of benzene rings is 3. The van der Waals surface area contributed by atoms with Gasteiger partial charge in [-0.15, -0.1) is 12.4 Å². The molecular formula is C36H45ClN6O2. The van der Waals surface area contributed by atoms with Crippen LogP contribution in [0.1, 0.15) is 98.8 Å². The van der Waals surface area contributed by atoms with E-state index >= 15 is 0 Å². The van der Waals surface area contributed by atoms with Gasteiger partial charge < -0.3 is 21.3 Å². The monoisotopic (exact) mass is 628 g/mol. The first-order valence-electron chi connectivity index (χ1n) is 16.0. The molecule has 3 aromatic rings. The van der Waals surface area contributed by atoms with Crippen LogP contribution >= 0.6 is 12.4 Å². The third-order valence-corrected chi connectivity index (χ3v) is 8.25. The minimum absolute atomic E-state index is 0. The van der Waals surface area contributed by atoms with Gasteiger partial charge in [0.05, 0.1) is 23.8 Å². The van der Waals surface area contributed by atoms with Gasteiger partial charge in [-0.1, -0.05) is 38.5 Å². The molecule has 45 heavy (non-hydrogen) atoms. The Labute approximate surface area is 273 Å². The van der Waals surface area contributed by atoms with Crippen LogP contribution < -0.4 is 21.3 Å². The van der Waals surface area contributed by atoms with Crippen molar-refractivity contribution in [2.45, 2.75) is 90.1 Å². The van der Waals surface area contributed by atoms with Crippen molar-refractivity contribution in [2.24, 2.45) is 9.98 Å². The summed E-state index contributed by atoms with van der Waals surface area (Å²) in [5, 5.41) is 12.5. The van der Waals surface area contributed by atoms with Crippen LogP contribution in [-0.4, -0.2) is 35.6 Å². The van der Waals surface area contributed by atoms with E-state index in [1.54, 1.807) is 24.3 Å². The number of anilines is 4. The van der Waals surface area contributed by atoms with Crippen molar-refractivity contribution in [3.8, 4) is 0 Å². The number of nitrogens with one attached hydrogen (secondary N) is 4. The van der Waals surface area contributed by atoms with Crippen molar-refractivity contribution in [3.05, 3.63) is 83.9 Å². The minimum atomic E-state index is -0.238. The van der Waals surface area contributed by atoms with Crippen LogP contribution in [0.3, 0.4) is 0 Å². The number of carbonyl (C=O) groups excluding carboxylic acids is 2. The quantitative estimate of drug-likeness (QED) is 0.147. The maximum Gasteiger partial charge on any atom is 0.255 e. The molecule has 0 unspecified atom stereocenters. The highest BCUT2D eigenvalue weighted by atomic mass is 35.5. The van der Waals surface area contributed by atoms with Gasteiger partial charge >= 0.3 is 0 Å². The second kappa shape index (κ2) is 16.8. The lowest BCUT2D eigenvalue weighted by Gasteiger charge is -2.19. The van der Waals surface area contributed by atoms with Crippen molar-refractivity contribution in [1.82, 2.24) is 0 Å². The number of rotatable bonds is 8. The number of aliphatic imine (C=N–C) groups is 2. The van der Waals surface area contributed by atoms with Crippen LogP contribution in [-0.2, 0) is 0 Å². The van der Waals surface area contributed by atoms with Crippen molar-refractivity contribution >= 4 is 58.6 Å². The van der Waals surface area contributed by atoms with Gasteiger partial charge in [-0.05, 0) is 112 Å². The van der Waals surface area contributed by atoms with Crippen LogP contribution in [0, 0.1) is 0 Å². The number of amidine groups is 2. The lowest BCUT2D eigenvalue weighted by molar-refractivity contribution is 0.101. The number of hydrogen-bond acceptors (Lipinski definition) is 4. The molecule has 0 saturated heterocycles. The third kappa shape index (κ3) is 10.5. The Kier molecular flexibility index (Phi) is 12.6. The Balaban J connectivity index is 0.00000461. The first-order valence-corrected chi connectivity index (χ1v) is 16.0. The van der Waals surface area contributed by atoms with Gasteiger partial charge in [0.2, 0.25) is 0 Å². The molecule has 2 aliphatic rings. The van der Waals surface area contributed by atoms with Crippen molar-refractivity contribution in [3.63, 3.8) is 0 Å². The second-order valence-corrected chi connectivity index (χ2v) is 11.9. The van der Waals surface area contributed by atoms with Crippen molar-refractivity contribution in [2.75, 3.05) is 21.3 Å². The number of carbonyl (C=O) groups is 2. The van der Waals surface area contributed by atoms with Crippen LogP contribution in [0.4, 0.5) is 22.7 Å². The first kappa shape index (κ1) is 33.7. The maximum absolute atomic E-state index is 12.8. The SMILES string of the molecule is CC(=NC1CCCCC1)Nc1ccc(NC(=O)c2ccc(C(=O)Nc3ccc(NC(C)=NC4CCCCC4)cc3)cc2)cc1.Cl. The summed E-state index contributed by atoms with van der Waals surface area (Å²) in [6, 6.07) is 22.6. The van der Waals surface area contributed by atoms with Gasteiger partial charge in [-0.25, -0.2) is 0 Å². The van der Waals surface area contributed by atoms with Gasteiger partial charge in [-0.3, -0.25) is 19.6 Å². The molecule has 0 atom stereocenters. The number of nitrogens with zero attached hydrogens (tertiary/aromatic N) is 2. The second-order valence-electron chi connectivity index (χ2n) is 11.9. The van der Waals surface area contributed by atoms with Gasteiger partial charge in [0.15, 0.2) is 0 Å². The Hall–Kier alpha value is -4.17. The molecule has 3 aromatic carbocycles.